The highest BCUT2D eigenvalue weighted by Crippen LogP contribution is 2.27. The lowest BCUT2D eigenvalue weighted by molar-refractivity contribution is -0.120. The molecule has 1 N–H and O–H groups in total. The van der Waals surface area contributed by atoms with Crippen molar-refractivity contribution < 1.29 is 19.1 Å². The normalized spacial score (nSPS) is 10.4. The number of hydrogen-bond acceptors (Lipinski definition) is 4. The molecule has 0 saturated carbocycles. The Kier molecular flexibility index (Phi) is 7.43. The zero-order valence-corrected chi connectivity index (χ0v) is 13.8. The monoisotopic (exact) mass is 307 g/mol. The Morgan fingerprint density at radius 3 is 2.32 bits per heavy atom. The van der Waals surface area contributed by atoms with Crippen molar-refractivity contribution in [2.24, 2.45) is 5.92 Å². The summed E-state index contributed by atoms with van der Waals surface area (Å²) in [5, 5.41) is 2.88. The van der Waals surface area contributed by atoms with E-state index in [-0.39, 0.29) is 11.8 Å². The van der Waals surface area contributed by atoms with Crippen molar-refractivity contribution in [2.45, 2.75) is 40.5 Å². The molecule has 22 heavy (non-hydrogen) atoms. The Hall–Kier alpha value is -2.04. The summed E-state index contributed by atoms with van der Waals surface area (Å²) in [7, 11) is 0. The molecule has 0 aliphatic heterocycles. The van der Waals surface area contributed by atoms with Crippen LogP contribution in [0.25, 0.3) is 0 Å². The van der Waals surface area contributed by atoms with E-state index in [0.717, 1.165) is 12.8 Å². The number of benzene rings is 1. The van der Waals surface area contributed by atoms with Crippen LogP contribution in [0.5, 0.6) is 5.75 Å². The Morgan fingerprint density at radius 1 is 1.09 bits per heavy atom. The SMILES string of the molecule is CCOC(=O)c1ccc(NC(=O)C(CC)CC)c(OCC)c1. The van der Waals surface area contributed by atoms with Crippen LogP contribution in [0.2, 0.25) is 0 Å². The van der Waals surface area contributed by atoms with Crippen molar-refractivity contribution in [3.8, 4) is 5.75 Å². The van der Waals surface area contributed by atoms with Gasteiger partial charge in [-0.15, -0.1) is 0 Å². The highest BCUT2D eigenvalue weighted by molar-refractivity contribution is 5.96. The van der Waals surface area contributed by atoms with Crippen LogP contribution in [0.3, 0.4) is 0 Å². The first-order chi connectivity index (χ1) is 10.6. The smallest absolute Gasteiger partial charge is 0.338 e. The molecule has 0 aliphatic carbocycles. The van der Waals surface area contributed by atoms with E-state index in [1.807, 2.05) is 20.8 Å². The van der Waals surface area contributed by atoms with Gasteiger partial charge in [0.2, 0.25) is 5.91 Å². The molecule has 5 nitrogen and oxygen atoms in total. The van der Waals surface area contributed by atoms with Crippen LogP contribution in [0.15, 0.2) is 18.2 Å². The summed E-state index contributed by atoms with van der Waals surface area (Å²) in [6.45, 7) is 8.34. The van der Waals surface area contributed by atoms with Crippen LogP contribution in [0.1, 0.15) is 50.9 Å². The summed E-state index contributed by atoms with van der Waals surface area (Å²) in [5.74, 6) is 0.0164. The number of rotatable bonds is 8. The van der Waals surface area contributed by atoms with Gasteiger partial charge in [-0.2, -0.15) is 0 Å². The van der Waals surface area contributed by atoms with E-state index in [1.165, 1.54) is 0 Å². The van der Waals surface area contributed by atoms with E-state index in [1.54, 1.807) is 25.1 Å². The number of carbonyl (C=O) groups excluding carboxylic acids is 2. The first-order valence-electron chi connectivity index (χ1n) is 7.82. The minimum absolute atomic E-state index is 0.0285. The molecule has 0 aliphatic rings. The highest BCUT2D eigenvalue weighted by Gasteiger charge is 2.17. The van der Waals surface area contributed by atoms with Crippen LogP contribution >= 0.6 is 0 Å². The topological polar surface area (TPSA) is 64.6 Å². The van der Waals surface area contributed by atoms with Gasteiger partial charge in [0.05, 0.1) is 24.5 Å². The summed E-state index contributed by atoms with van der Waals surface area (Å²) < 4.78 is 10.5. The first-order valence-corrected chi connectivity index (χ1v) is 7.82. The van der Waals surface area contributed by atoms with Gasteiger partial charge in [0.15, 0.2) is 0 Å². The summed E-state index contributed by atoms with van der Waals surface area (Å²) in [6.07, 6.45) is 1.57. The molecule has 0 bridgehead atoms. The molecule has 0 radical (unpaired) electrons. The van der Waals surface area contributed by atoms with Crippen LogP contribution in [0.4, 0.5) is 5.69 Å². The van der Waals surface area contributed by atoms with Gasteiger partial charge < -0.3 is 14.8 Å². The van der Waals surface area contributed by atoms with Gasteiger partial charge in [-0.05, 0) is 44.9 Å². The molecule has 0 spiro atoms. The molecule has 0 aromatic heterocycles. The van der Waals surface area contributed by atoms with Crippen molar-refractivity contribution in [1.82, 2.24) is 0 Å². The van der Waals surface area contributed by atoms with E-state index in [9.17, 15) is 9.59 Å². The Bertz CT molecular complexity index is 509. The van der Waals surface area contributed by atoms with Gasteiger partial charge in [-0.3, -0.25) is 4.79 Å². The predicted molar refractivity (Wildman–Crippen MR) is 86.3 cm³/mol. The van der Waals surface area contributed by atoms with Gasteiger partial charge in [-0.1, -0.05) is 13.8 Å². The van der Waals surface area contributed by atoms with Crippen molar-refractivity contribution in [3.63, 3.8) is 0 Å². The number of ether oxygens (including phenoxy) is 2. The van der Waals surface area contributed by atoms with Crippen LogP contribution in [-0.2, 0) is 9.53 Å². The van der Waals surface area contributed by atoms with E-state index in [4.69, 9.17) is 9.47 Å². The van der Waals surface area contributed by atoms with Crippen LogP contribution in [-0.4, -0.2) is 25.1 Å². The fourth-order valence-electron chi connectivity index (χ4n) is 2.14. The second kappa shape index (κ2) is 9.07. The van der Waals surface area contributed by atoms with Crippen LogP contribution in [0, 0.1) is 5.92 Å². The lowest BCUT2D eigenvalue weighted by Crippen LogP contribution is -2.22. The average molecular weight is 307 g/mol. The van der Waals surface area contributed by atoms with Crippen LogP contribution < -0.4 is 10.1 Å². The molecule has 0 saturated heterocycles. The quantitative estimate of drug-likeness (QED) is 0.745. The summed E-state index contributed by atoms with van der Waals surface area (Å²) in [4.78, 5) is 24.0. The molecule has 0 atom stereocenters. The lowest BCUT2D eigenvalue weighted by atomic mass is 10.0. The van der Waals surface area contributed by atoms with Gasteiger partial charge in [0.25, 0.3) is 0 Å². The van der Waals surface area contributed by atoms with Gasteiger partial charge in [-0.25, -0.2) is 4.79 Å². The summed E-state index contributed by atoms with van der Waals surface area (Å²) in [6, 6.07) is 4.91. The van der Waals surface area contributed by atoms with Crippen molar-refractivity contribution >= 4 is 17.6 Å². The summed E-state index contributed by atoms with van der Waals surface area (Å²) >= 11 is 0. The van der Waals surface area contributed by atoms with Crippen molar-refractivity contribution in [1.29, 1.82) is 0 Å². The maximum Gasteiger partial charge on any atom is 0.338 e. The number of carbonyl (C=O) groups is 2. The predicted octanol–water partition coefficient (Wildman–Crippen LogP) is 3.64. The standard InChI is InChI=1S/C17H25NO4/c1-5-12(6-2)16(19)18-14-10-9-13(17(20)22-8-4)11-15(14)21-7-3/h9-12H,5-8H2,1-4H3,(H,18,19). The lowest BCUT2D eigenvalue weighted by Gasteiger charge is -2.16. The van der Waals surface area contributed by atoms with E-state index in [0.29, 0.717) is 30.2 Å². The van der Waals surface area contributed by atoms with E-state index in [2.05, 4.69) is 5.32 Å². The molecule has 1 aromatic carbocycles. The molecule has 122 valence electrons. The second-order valence-electron chi connectivity index (χ2n) is 4.87. The molecule has 1 amide bonds. The average Bonchev–Trinajstić information content (AvgIpc) is 2.50. The molecule has 0 fully saturated rings. The van der Waals surface area contributed by atoms with Gasteiger partial charge >= 0.3 is 5.97 Å². The van der Waals surface area contributed by atoms with E-state index < -0.39 is 5.97 Å². The number of esters is 1. The van der Waals surface area contributed by atoms with E-state index >= 15 is 0 Å². The third kappa shape index (κ3) is 4.76. The zero-order chi connectivity index (χ0) is 16.5. The third-order valence-corrected chi connectivity index (χ3v) is 3.41. The maximum atomic E-state index is 12.2. The van der Waals surface area contributed by atoms with Gasteiger partial charge in [0.1, 0.15) is 5.75 Å². The van der Waals surface area contributed by atoms with Crippen molar-refractivity contribution in [3.05, 3.63) is 23.8 Å². The fourth-order valence-corrected chi connectivity index (χ4v) is 2.14. The molecule has 0 heterocycles. The minimum Gasteiger partial charge on any atom is -0.492 e. The molecule has 0 unspecified atom stereocenters. The molecule has 1 rings (SSSR count). The minimum atomic E-state index is -0.402. The number of nitrogens with one attached hydrogen (secondary N) is 1. The second-order valence-corrected chi connectivity index (χ2v) is 4.87. The largest absolute Gasteiger partial charge is 0.492 e. The zero-order valence-electron chi connectivity index (χ0n) is 13.8. The molecule has 1 aromatic rings. The number of amides is 1. The van der Waals surface area contributed by atoms with Gasteiger partial charge in [0, 0.05) is 5.92 Å². The van der Waals surface area contributed by atoms with Crippen molar-refractivity contribution in [2.75, 3.05) is 18.5 Å². The third-order valence-electron chi connectivity index (χ3n) is 3.41. The first kappa shape index (κ1) is 18.0. The Morgan fingerprint density at radius 2 is 1.77 bits per heavy atom. The molecule has 5 heteroatoms. The molecular formula is C17H25NO4. The number of anilines is 1. The highest BCUT2D eigenvalue weighted by atomic mass is 16.5. The maximum absolute atomic E-state index is 12.2. The number of hydrogen-bond donors (Lipinski definition) is 1. The Balaban J connectivity index is 2.99. The Labute approximate surface area is 132 Å². The molecular weight excluding hydrogens is 282 g/mol. The fraction of sp³-hybridized carbons (Fsp3) is 0.529. The summed E-state index contributed by atoms with van der Waals surface area (Å²) in [5.41, 5.74) is 0.984.